The summed E-state index contributed by atoms with van der Waals surface area (Å²) >= 11 is 0. The summed E-state index contributed by atoms with van der Waals surface area (Å²) in [4.78, 5) is 0. The molecular formula is C22H31BF2. The number of hydrogen-bond acceptors (Lipinski definition) is 0. The first-order chi connectivity index (χ1) is 11.7. The highest BCUT2D eigenvalue weighted by molar-refractivity contribution is 6.17. The van der Waals surface area contributed by atoms with Crippen molar-refractivity contribution < 1.29 is 8.78 Å². The van der Waals surface area contributed by atoms with Crippen molar-refractivity contribution in [2.45, 2.75) is 59.2 Å². The fourth-order valence-corrected chi connectivity index (χ4v) is 2.95. The molecule has 0 aliphatic carbocycles. The van der Waals surface area contributed by atoms with Crippen molar-refractivity contribution in [3.63, 3.8) is 0 Å². The van der Waals surface area contributed by atoms with E-state index in [0.717, 1.165) is 24.0 Å². The van der Waals surface area contributed by atoms with Gasteiger partial charge in [0.05, 0.1) is 0 Å². The lowest BCUT2D eigenvalue weighted by Crippen LogP contribution is -2.13. The Balaban J connectivity index is 3.27. The number of hydrogen-bond donors (Lipinski definition) is 0. The quantitative estimate of drug-likeness (QED) is 0.376. The summed E-state index contributed by atoms with van der Waals surface area (Å²) in [5.41, 5.74) is 2.76. The Labute approximate surface area is 153 Å². The van der Waals surface area contributed by atoms with Gasteiger partial charge in [-0.15, -0.1) is 0 Å². The van der Waals surface area contributed by atoms with Crippen molar-refractivity contribution >= 4 is 7.85 Å². The molecule has 1 rings (SSSR count). The Bertz CT molecular complexity index is 652. The van der Waals surface area contributed by atoms with Gasteiger partial charge < -0.3 is 0 Å². The van der Waals surface area contributed by atoms with Crippen LogP contribution in [-0.2, 0) is 6.42 Å². The van der Waals surface area contributed by atoms with E-state index >= 15 is 0 Å². The summed E-state index contributed by atoms with van der Waals surface area (Å²) < 4.78 is 29.3. The van der Waals surface area contributed by atoms with E-state index < -0.39 is 17.0 Å². The first-order valence-corrected chi connectivity index (χ1v) is 9.18. The molecule has 1 unspecified atom stereocenters. The minimum Gasteiger partial charge on any atom is -0.204 e. The summed E-state index contributed by atoms with van der Waals surface area (Å²) in [6, 6.07) is 8.04. The van der Waals surface area contributed by atoms with E-state index in [0.29, 0.717) is 12.0 Å². The molecule has 0 radical (unpaired) electrons. The van der Waals surface area contributed by atoms with Crippen molar-refractivity contribution in [1.29, 1.82) is 0 Å². The zero-order chi connectivity index (χ0) is 19.0. The van der Waals surface area contributed by atoms with Crippen LogP contribution in [0.1, 0.15) is 51.7 Å². The largest absolute Gasteiger partial charge is 0.204 e. The third-order valence-corrected chi connectivity index (χ3v) is 4.47. The molecule has 0 saturated carbocycles. The third-order valence-electron chi connectivity index (χ3n) is 4.47. The molecule has 3 heteroatoms. The number of halogens is 2. The second kappa shape index (κ2) is 9.75. The molecule has 1 aromatic rings. The molecule has 0 aromatic heterocycles. The Hall–Kier alpha value is -1.64. The van der Waals surface area contributed by atoms with Crippen LogP contribution in [0.2, 0.25) is 5.31 Å². The smallest absolute Gasteiger partial charge is 0.161 e. The Morgan fingerprint density at radius 1 is 1.24 bits per heavy atom. The Morgan fingerprint density at radius 3 is 2.44 bits per heavy atom. The van der Waals surface area contributed by atoms with E-state index in [1.807, 2.05) is 65.9 Å². The highest BCUT2D eigenvalue weighted by Gasteiger charge is 2.27. The van der Waals surface area contributed by atoms with Crippen molar-refractivity contribution in [2.24, 2.45) is 5.92 Å². The molecule has 25 heavy (non-hydrogen) atoms. The maximum atomic E-state index is 14.9. The van der Waals surface area contributed by atoms with Gasteiger partial charge in [0, 0.05) is 0 Å². The van der Waals surface area contributed by atoms with Crippen LogP contribution in [0, 0.1) is 12.8 Å². The van der Waals surface area contributed by atoms with Gasteiger partial charge in [0.2, 0.25) is 0 Å². The Morgan fingerprint density at radius 2 is 1.88 bits per heavy atom. The van der Waals surface area contributed by atoms with Gasteiger partial charge in [-0.3, -0.25) is 0 Å². The lowest BCUT2D eigenvalue weighted by molar-refractivity contribution is 0.523. The molecule has 0 spiro atoms. The fraction of sp³-hybridized carbons (Fsp3) is 0.455. The highest BCUT2D eigenvalue weighted by Crippen LogP contribution is 2.42. The van der Waals surface area contributed by atoms with Gasteiger partial charge >= 0.3 is 0 Å². The van der Waals surface area contributed by atoms with Crippen LogP contribution >= 0.6 is 0 Å². The minimum absolute atomic E-state index is 0.182. The average Bonchev–Trinajstić information content (AvgIpc) is 2.53. The van der Waals surface area contributed by atoms with E-state index in [1.54, 1.807) is 6.08 Å². The fourth-order valence-electron chi connectivity index (χ4n) is 2.95. The molecule has 0 amide bonds. The van der Waals surface area contributed by atoms with Gasteiger partial charge in [-0.25, -0.2) is 8.78 Å². The molecule has 0 aliphatic heterocycles. The molecule has 0 bridgehead atoms. The first-order valence-electron chi connectivity index (χ1n) is 9.18. The molecule has 0 nitrogen and oxygen atoms in total. The number of aryl methyl sites for hydroxylation is 1. The van der Waals surface area contributed by atoms with Crippen molar-refractivity contribution in [3.8, 4) is 0 Å². The van der Waals surface area contributed by atoms with Gasteiger partial charge in [-0.1, -0.05) is 77.0 Å². The van der Waals surface area contributed by atoms with Crippen LogP contribution in [0.3, 0.4) is 0 Å². The first kappa shape index (κ1) is 21.4. The maximum Gasteiger partial charge on any atom is 0.161 e. The van der Waals surface area contributed by atoms with E-state index in [-0.39, 0.29) is 5.92 Å². The normalized spacial score (nSPS) is 16.2. The van der Waals surface area contributed by atoms with Gasteiger partial charge in [-0.05, 0) is 47.4 Å². The second-order valence-corrected chi connectivity index (χ2v) is 7.65. The lowest BCUT2D eigenvalue weighted by atomic mass is 9.62. The highest BCUT2D eigenvalue weighted by atomic mass is 19.2. The molecule has 0 fully saturated rings. The van der Waals surface area contributed by atoms with E-state index in [9.17, 15) is 8.78 Å². The Kier molecular flexibility index (Phi) is 8.35. The zero-order valence-corrected chi connectivity index (χ0v) is 16.5. The number of allylic oxidation sites excluding steroid dienone is 6. The zero-order valence-electron chi connectivity index (χ0n) is 16.5. The molecule has 1 aromatic carbocycles. The molecule has 0 N–H and O–H groups in total. The van der Waals surface area contributed by atoms with Crippen LogP contribution < -0.4 is 0 Å². The van der Waals surface area contributed by atoms with Gasteiger partial charge in [0.1, 0.15) is 7.85 Å². The van der Waals surface area contributed by atoms with Crippen LogP contribution in [0.25, 0.3) is 0 Å². The van der Waals surface area contributed by atoms with E-state index in [4.69, 9.17) is 0 Å². The van der Waals surface area contributed by atoms with Gasteiger partial charge in [0.15, 0.2) is 11.7 Å². The van der Waals surface area contributed by atoms with E-state index in [1.165, 1.54) is 6.08 Å². The second-order valence-electron chi connectivity index (χ2n) is 7.65. The summed E-state index contributed by atoms with van der Waals surface area (Å²) in [7, 11) is 1.99. The standard InChI is InChI=1S/C22H31BF2/c1-6-15-22(5,23)19(21(25)20(24)14-11-16(2)3)13-12-18-10-8-7-9-17(18)4/h7-11,13-14,16H,6,12,15,23H2,1-5H3/b14-11-,19-13-,21-20-. The molecule has 1 atom stereocenters. The van der Waals surface area contributed by atoms with E-state index in [2.05, 4.69) is 6.92 Å². The average molecular weight is 344 g/mol. The molecule has 136 valence electrons. The van der Waals surface area contributed by atoms with Gasteiger partial charge in [0.25, 0.3) is 0 Å². The van der Waals surface area contributed by atoms with Crippen molar-refractivity contribution in [2.75, 3.05) is 0 Å². The summed E-state index contributed by atoms with van der Waals surface area (Å²) in [6.45, 7) is 9.98. The predicted molar refractivity (Wildman–Crippen MR) is 108 cm³/mol. The van der Waals surface area contributed by atoms with Crippen LogP contribution in [-0.4, -0.2) is 7.85 Å². The monoisotopic (exact) mass is 344 g/mol. The molecular weight excluding hydrogens is 313 g/mol. The van der Waals surface area contributed by atoms with Crippen LogP contribution in [0.15, 0.2) is 59.7 Å². The SMILES string of the molecule is BC(C)(CCC)C(=C\Cc1ccccc1C)/C(F)=C(F)\C=C/C(C)C. The van der Waals surface area contributed by atoms with Gasteiger partial charge in [-0.2, -0.15) is 0 Å². The maximum absolute atomic E-state index is 14.9. The summed E-state index contributed by atoms with van der Waals surface area (Å²) in [5, 5.41) is -0.412. The van der Waals surface area contributed by atoms with Crippen LogP contribution in [0.4, 0.5) is 8.78 Å². The van der Waals surface area contributed by atoms with Crippen molar-refractivity contribution in [3.05, 3.63) is 70.8 Å². The minimum atomic E-state index is -0.783. The number of benzene rings is 1. The number of rotatable bonds is 8. The molecule has 0 heterocycles. The summed E-state index contributed by atoms with van der Waals surface area (Å²) in [5.74, 6) is -1.33. The predicted octanol–water partition coefficient (Wildman–Crippen LogP) is 6.44. The lowest BCUT2D eigenvalue weighted by Gasteiger charge is -2.27. The molecule has 0 aliphatic rings. The van der Waals surface area contributed by atoms with Crippen molar-refractivity contribution in [1.82, 2.24) is 0 Å². The summed E-state index contributed by atoms with van der Waals surface area (Å²) in [6.07, 6.45) is 7.12. The third kappa shape index (κ3) is 6.64. The topological polar surface area (TPSA) is 0 Å². The molecule has 0 saturated heterocycles. The van der Waals surface area contributed by atoms with Crippen LogP contribution in [0.5, 0.6) is 0 Å².